The third-order valence-corrected chi connectivity index (χ3v) is 6.11. The molecule has 0 aromatic heterocycles. The predicted molar refractivity (Wildman–Crippen MR) is 92.5 cm³/mol. The normalized spacial score (nSPS) is 27.0. The van der Waals surface area contributed by atoms with E-state index in [1.807, 2.05) is 4.90 Å². The van der Waals surface area contributed by atoms with Crippen LogP contribution in [-0.4, -0.2) is 47.8 Å². The Hall–Kier alpha value is -1.91. The zero-order valence-electron chi connectivity index (χ0n) is 14.5. The Balaban J connectivity index is 1.44. The van der Waals surface area contributed by atoms with Crippen LogP contribution >= 0.6 is 0 Å². The molecule has 134 valence electrons. The van der Waals surface area contributed by atoms with E-state index in [2.05, 4.69) is 0 Å². The minimum Gasteiger partial charge on any atom is -0.342 e. The van der Waals surface area contributed by atoms with Crippen LogP contribution in [0.2, 0.25) is 0 Å². The van der Waals surface area contributed by atoms with Gasteiger partial charge in [0.05, 0.1) is 11.0 Å². The van der Waals surface area contributed by atoms with E-state index in [1.54, 1.807) is 17.0 Å². The van der Waals surface area contributed by atoms with Gasteiger partial charge >= 0.3 is 0 Å². The molecule has 5 heteroatoms. The predicted octanol–water partition coefficient (Wildman–Crippen LogP) is 3.08. The Morgan fingerprint density at radius 3 is 2.64 bits per heavy atom. The Kier molecular flexibility index (Phi) is 4.26. The van der Waals surface area contributed by atoms with Gasteiger partial charge in [0.25, 0.3) is 5.91 Å². The van der Waals surface area contributed by atoms with Crippen LogP contribution in [0.1, 0.15) is 48.9 Å². The smallest absolute Gasteiger partial charge is 0.256 e. The van der Waals surface area contributed by atoms with Gasteiger partial charge in [-0.05, 0) is 56.6 Å². The third-order valence-electron chi connectivity index (χ3n) is 6.11. The molecule has 0 bridgehead atoms. The van der Waals surface area contributed by atoms with Gasteiger partial charge in [0.1, 0.15) is 5.82 Å². The van der Waals surface area contributed by atoms with E-state index in [0.717, 1.165) is 32.4 Å². The molecule has 0 radical (unpaired) electrons. The Morgan fingerprint density at radius 2 is 1.88 bits per heavy atom. The van der Waals surface area contributed by atoms with Crippen LogP contribution in [0.3, 0.4) is 0 Å². The summed E-state index contributed by atoms with van der Waals surface area (Å²) in [5.74, 6) is 0.276. The summed E-state index contributed by atoms with van der Waals surface area (Å²) in [4.78, 5) is 29.4. The molecule has 25 heavy (non-hydrogen) atoms. The zero-order chi connectivity index (χ0) is 17.4. The number of halogens is 1. The first kappa shape index (κ1) is 16.6. The second-order valence-corrected chi connectivity index (χ2v) is 7.85. The summed E-state index contributed by atoms with van der Waals surface area (Å²) in [5, 5.41) is 0. The fourth-order valence-corrected chi connectivity index (χ4v) is 4.35. The summed E-state index contributed by atoms with van der Waals surface area (Å²) in [6.07, 6.45) is 5.76. The monoisotopic (exact) mass is 344 g/mol. The summed E-state index contributed by atoms with van der Waals surface area (Å²) >= 11 is 0. The van der Waals surface area contributed by atoms with Crippen LogP contribution in [0.4, 0.5) is 4.39 Å². The summed E-state index contributed by atoms with van der Waals surface area (Å²) in [6, 6.07) is 6.14. The molecule has 3 aliphatic rings. The summed E-state index contributed by atoms with van der Waals surface area (Å²) in [6.45, 7) is 2.91. The molecule has 3 fully saturated rings. The van der Waals surface area contributed by atoms with Crippen molar-refractivity contribution in [2.24, 2.45) is 11.3 Å². The van der Waals surface area contributed by atoms with Gasteiger partial charge in [-0.1, -0.05) is 12.1 Å². The molecule has 2 saturated heterocycles. The largest absolute Gasteiger partial charge is 0.342 e. The first-order chi connectivity index (χ1) is 12.1. The van der Waals surface area contributed by atoms with Crippen molar-refractivity contribution < 1.29 is 14.0 Å². The number of carbonyl (C=O) groups excluding carboxylic acids is 2. The molecule has 1 saturated carbocycles. The van der Waals surface area contributed by atoms with Crippen LogP contribution in [-0.2, 0) is 4.79 Å². The Bertz CT molecular complexity index is 688. The molecular formula is C20H25FN2O2. The van der Waals surface area contributed by atoms with Crippen LogP contribution in [0.15, 0.2) is 24.3 Å². The molecular weight excluding hydrogens is 319 g/mol. The fourth-order valence-electron chi connectivity index (χ4n) is 4.35. The standard InChI is InChI=1S/C20H25FN2O2/c21-17-5-2-1-4-16(17)18(24)22-11-3-8-20(9-12-22)10-13-23(19(20)25)14-15-6-7-15/h1-2,4-5,15H,3,6-14H2. The van der Waals surface area contributed by atoms with Gasteiger partial charge in [0.2, 0.25) is 5.91 Å². The van der Waals surface area contributed by atoms with Gasteiger partial charge in [-0.2, -0.15) is 0 Å². The number of hydrogen-bond donors (Lipinski definition) is 0. The van der Waals surface area contributed by atoms with Crippen molar-refractivity contribution in [1.82, 2.24) is 9.80 Å². The van der Waals surface area contributed by atoms with E-state index in [0.29, 0.717) is 31.3 Å². The van der Waals surface area contributed by atoms with E-state index in [4.69, 9.17) is 0 Å². The topological polar surface area (TPSA) is 40.6 Å². The molecule has 1 unspecified atom stereocenters. The highest BCUT2D eigenvalue weighted by molar-refractivity contribution is 5.94. The molecule has 1 spiro atoms. The quantitative estimate of drug-likeness (QED) is 0.845. The van der Waals surface area contributed by atoms with Crippen molar-refractivity contribution in [3.63, 3.8) is 0 Å². The van der Waals surface area contributed by atoms with Crippen molar-refractivity contribution >= 4 is 11.8 Å². The lowest BCUT2D eigenvalue weighted by atomic mass is 9.79. The molecule has 4 nitrogen and oxygen atoms in total. The maximum atomic E-state index is 13.9. The van der Waals surface area contributed by atoms with Crippen molar-refractivity contribution in [2.45, 2.75) is 38.5 Å². The van der Waals surface area contributed by atoms with E-state index in [9.17, 15) is 14.0 Å². The number of hydrogen-bond acceptors (Lipinski definition) is 2. The maximum Gasteiger partial charge on any atom is 0.256 e. The summed E-state index contributed by atoms with van der Waals surface area (Å²) < 4.78 is 13.9. The second kappa shape index (κ2) is 6.43. The van der Waals surface area contributed by atoms with E-state index >= 15 is 0 Å². The first-order valence-corrected chi connectivity index (χ1v) is 9.42. The van der Waals surface area contributed by atoms with Crippen LogP contribution in [0.25, 0.3) is 0 Å². The molecule has 0 N–H and O–H groups in total. The molecule has 1 aromatic rings. The highest BCUT2D eigenvalue weighted by Crippen LogP contribution is 2.43. The maximum absolute atomic E-state index is 13.9. The van der Waals surface area contributed by atoms with E-state index in [1.165, 1.54) is 25.0 Å². The summed E-state index contributed by atoms with van der Waals surface area (Å²) in [7, 11) is 0. The van der Waals surface area contributed by atoms with Gasteiger partial charge in [0.15, 0.2) is 0 Å². The van der Waals surface area contributed by atoms with Crippen molar-refractivity contribution in [2.75, 3.05) is 26.2 Å². The minimum absolute atomic E-state index is 0.131. The lowest BCUT2D eigenvalue weighted by Crippen LogP contribution is -2.37. The Morgan fingerprint density at radius 1 is 1.12 bits per heavy atom. The average Bonchev–Trinajstić information content (AvgIpc) is 3.40. The lowest BCUT2D eigenvalue weighted by Gasteiger charge is -2.27. The van der Waals surface area contributed by atoms with Crippen molar-refractivity contribution in [1.29, 1.82) is 0 Å². The van der Waals surface area contributed by atoms with Gasteiger partial charge in [0, 0.05) is 26.2 Å². The second-order valence-electron chi connectivity index (χ2n) is 7.85. The number of likely N-dealkylation sites (tertiary alicyclic amines) is 2. The number of carbonyl (C=O) groups is 2. The van der Waals surface area contributed by atoms with E-state index < -0.39 is 5.82 Å². The summed E-state index contributed by atoms with van der Waals surface area (Å²) in [5.41, 5.74) is -0.161. The van der Waals surface area contributed by atoms with Gasteiger partial charge in [-0.3, -0.25) is 9.59 Å². The highest BCUT2D eigenvalue weighted by atomic mass is 19.1. The van der Waals surface area contributed by atoms with Crippen LogP contribution in [0.5, 0.6) is 0 Å². The molecule has 4 rings (SSSR count). The first-order valence-electron chi connectivity index (χ1n) is 9.42. The zero-order valence-corrected chi connectivity index (χ0v) is 14.5. The van der Waals surface area contributed by atoms with Crippen molar-refractivity contribution in [3.05, 3.63) is 35.6 Å². The molecule has 1 atom stereocenters. The fraction of sp³-hybridized carbons (Fsp3) is 0.600. The van der Waals surface area contributed by atoms with E-state index in [-0.39, 0.29) is 16.9 Å². The highest BCUT2D eigenvalue weighted by Gasteiger charge is 2.48. The number of benzene rings is 1. The lowest BCUT2D eigenvalue weighted by molar-refractivity contribution is -0.136. The molecule has 2 aliphatic heterocycles. The molecule has 1 aliphatic carbocycles. The molecule has 2 amide bonds. The third kappa shape index (κ3) is 3.16. The number of nitrogens with zero attached hydrogens (tertiary/aromatic N) is 2. The average molecular weight is 344 g/mol. The van der Waals surface area contributed by atoms with Crippen molar-refractivity contribution in [3.8, 4) is 0 Å². The minimum atomic E-state index is -0.473. The SMILES string of the molecule is O=C(c1ccccc1F)N1CCCC2(CC1)CCN(CC1CC1)C2=O. The van der Waals surface area contributed by atoms with Gasteiger partial charge in [-0.25, -0.2) is 4.39 Å². The van der Waals surface area contributed by atoms with Crippen LogP contribution < -0.4 is 0 Å². The molecule has 1 aromatic carbocycles. The number of amides is 2. The number of rotatable bonds is 3. The van der Waals surface area contributed by atoms with Crippen LogP contribution in [0, 0.1) is 17.2 Å². The van der Waals surface area contributed by atoms with Gasteiger partial charge in [-0.15, -0.1) is 0 Å². The molecule has 2 heterocycles. The Labute approximate surface area is 148 Å². The van der Waals surface area contributed by atoms with Gasteiger partial charge < -0.3 is 9.80 Å².